The van der Waals surface area contributed by atoms with Crippen molar-refractivity contribution in [1.82, 2.24) is 9.55 Å². The third kappa shape index (κ3) is 4.63. The summed E-state index contributed by atoms with van der Waals surface area (Å²) in [6.45, 7) is 4.75. The Morgan fingerprint density at radius 3 is 2.56 bits per heavy atom. The summed E-state index contributed by atoms with van der Waals surface area (Å²) in [6, 6.07) is 25.7. The van der Waals surface area contributed by atoms with Crippen LogP contribution in [0.15, 0.2) is 83.8 Å². The van der Waals surface area contributed by atoms with E-state index in [0.717, 1.165) is 33.1 Å². The lowest BCUT2D eigenvalue weighted by molar-refractivity contribution is -0.119. The summed E-state index contributed by atoms with van der Waals surface area (Å²) < 4.78 is 2.01. The number of hydrogen-bond donors (Lipinski definition) is 0. The summed E-state index contributed by atoms with van der Waals surface area (Å²) in [5.41, 5.74) is 3.53. The van der Waals surface area contributed by atoms with Crippen LogP contribution in [0.5, 0.6) is 0 Å². The molecule has 36 heavy (non-hydrogen) atoms. The fourth-order valence-electron chi connectivity index (χ4n) is 5.01. The minimum absolute atomic E-state index is 0.00500. The molecule has 0 aliphatic carbocycles. The van der Waals surface area contributed by atoms with Gasteiger partial charge >= 0.3 is 0 Å². The van der Waals surface area contributed by atoms with Crippen molar-refractivity contribution < 1.29 is 9.59 Å². The van der Waals surface area contributed by atoms with Gasteiger partial charge in [0, 0.05) is 41.2 Å². The number of para-hydroxylation sites is 3. The third-order valence-corrected chi connectivity index (χ3v) is 7.38. The van der Waals surface area contributed by atoms with Gasteiger partial charge in [-0.2, -0.15) is 0 Å². The first-order chi connectivity index (χ1) is 17.5. The Morgan fingerprint density at radius 1 is 1.06 bits per heavy atom. The zero-order valence-corrected chi connectivity index (χ0v) is 21.6. The van der Waals surface area contributed by atoms with E-state index in [1.54, 1.807) is 11.8 Å². The topological polar surface area (TPSA) is 58.4 Å². The van der Waals surface area contributed by atoms with Crippen LogP contribution in [0.2, 0.25) is 0 Å². The van der Waals surface area contributed by atoms with Gasteiger partial charge in [0.1, 0.15) is 12.4 Å². The van der Waals surface area contributed by atoms with E-state index in [1.807, 2.05) is 107 Å². The van der Waals surface area contributed by atoms with E-state index in [-0.39, 0.29) is 30.3 Å². The standard InChI is InChI=1S/C29H30N4O2S/c1-20(2)33(22-10-5-4-6-11-22)28(35)19-32-26-15-8-7-14-25(26)30-29(32)21-16-27(34)31(18-21)23-12-9-13-24(17-23)36-3/h4-15,17,20-21H,16,18-19H2,1-3H3/t21-/m1/s1. The molecule has 1 saturated heterocycles. The number of benzene rings is 3. The molecule has 0 spiro atoms. The number of carbonyl (C=O) groups excluding carboxylic acids is 2. The molecule has 4 aromatic rings. The second-order valence-corrected chi connectivity index (χ2v) is 10.2. The lowest BCUT2D eigenvalue weighted by Gasteiger charge is -2.27. The molecule has 1 aliphatic heterocycles. The second kappa shape index (κ2) is 10.2. The van der Waals surface area contributed by atoms with Crippen molar-refractivity contribution in [3.8, 4) is 0 Å². The third-order valence-electron chi connectivity index (χ3n) is 6.65. The zero-order valence-electron chi connectivity index (χ0n) is 20.8. The molecule has 1 aliphatic rings. The number of imidazole rings is 1. The largest absolute Gasteiger partial charge is 0.318 e. The van der Waals surface area contributed by atoms with E-state index in [1.165, 1.54) is 0 Å². The van der Waals surface area contributed by atoms with Crippen molar-refractivity contribution in [2.75, 3.05) is 22.6 Å². The van der Waals surface area contributed by atoms with Crippen molar-refractivity contribution >= 4 is 46.0 Å². The Kier molecular flexibility index (Phi) is 6.83. The number of thioether (sulfide) groups is 1. The van der Waals surface area contributed by atoms with Crippen LogP contribution in [-0.4, -0.2) is 40.2 Å². The van der Waals surface area contributed by atoms with Gasteiger partial charge in [-0.3, -0.25) is 9.59 Å². The Hall–Kier alpha value is -3.58. The van der Waals surface area contributed by atoms with Gasteiger partial charge < -0.3 is 14.4 Å². The predicted molar refractivity (Wildman–Crippen MR) is 147 cm³/mol. The molecule has 6 nitrogen and oxygen atoms in total. The lowest BCUT2D eigenvalue weighted by atomic mass is 10.1. The number of hydrogen-bond acceptors (Lipinski definition) is 4. The van der Waals surface area contributed by atoms with Crippen LogP contribution in [0.25, 0.3) is 11.0 Å². The average molecular weight is 499 g/mol. The Balaban J connectivity index is 1.49. The molecule has 0 saturated carbocycles. The first-order valence-corrected chi connectivity index (χ1v) is 13.5. The summed E-state index contributed by atoms with van der Waals surface area (Å²) in [5, 5.41) is 0. The molecule has 1 atom stereocenters. The van der Waals surface area contributed by atoms with Crippen LogP contribution in [0.1, 0.15) is 32.0 Å². The van der Waals surface area contributed by atoms with Gasteiger partial charge in [-0.05, 0) is 62.6 Å². The van der Waals surface area contributed by atoms with Crippen LogP contribution in [-0.2, 0) is 16.1 Å². The molecule has 0 N–H and O–H groups in total. The predicted octanol–water partition coefficient (Wildman–Crippen LogP) is 5.72. The fraction of sp³-hybridized carbons (Fsp3) is 0.276. The zero-order chi connectivity index (χ0) is 25.2. The minimum atomic E-state index is -0.0974. The van der Waals surface area contributed by atoms with E-state index in [9.17, 15) is 9.59 Å². The smallest absolute Gasteiger partial charge is 0.247 e. The maximum atomic E-state index is 13.7. The molecule has 184 valence electrons. The molecular weight excluding hydrogens is 468 g/mol. The van der Waals surface area contributed by atoms with E-state index in [2.05, 4.69) is 6.07 Å². The van der Waals surface area contributed by atoms with E-state index in [0.29, 0.717) is 13.0 Å². The van der Waals surface area contributed by atoms with Gasteiger partial charge in [0.25, 0.3) is 0 Å². The number of anilines is 2. The highest BCUT2D eigenvalue weighted by molar-refractivity contribution is 7.98. The SMILES string of the molecule is CSc1cccc(N2C[C@H](c3nc4ccccc4n3CC(=O)N(c3ccccc3)C(C)C)CC2=O)c1. The number of carbonyl (C=O) groups is 2. The van der Waals surface area contributed by atoms with E-state index in [4.69, 9.17) is 4.98 Å². The average Bonchev–Trinajstić information content (AvgIpc) is 3.45. The molecule has 0 bridgehead atoms. The van der Waals surface area contributed by atoms with Gasteiger partial charge in [0.15, 0.2) is 0 Å². The molecule has 1 fully saturated rings. The van der Waals surface area contributed by atoms with E-state index < -0.39 is 0 Å². The quantitative estimate of drug-likeness (QED) is 0.306. The van der Waals surface area contributed by atoms with Crippen molar-refractivity contribution in [3.63, 3.8) is 0 Å². The minimum Gasteiger partial charge on any atom is -0.318 e. The Bertz CT molecular complexity index is 1400. The van der Waals surface area contributed by atoms with Gasteiger partial charge in [0.05, 0.1) is 11.0 Å². The number of amides is 2. The van der Waals surface area contributed by atoms with Crippen LogP contribution < -0.4 is 9.80 Å². The summed E-state index contributed by atoms with van der Waals surface area (Å²) in [6.07, 6.45) is 2.40. The highest BCUT2D eigenvalue weighted by Gasteiger charge is 2.35. The van der Waals surface area contributed by atoms with Crippen LogP contribution in [0, 0.1) is 0 Å². The number of aromatic nitrogens is 2. The highest BCUT2D eigenvalue weighted by atomic mass is 32.2. The molecule has 0 unspecified atom stereocenters. The van der Waals surface area contributed by atoms with Crippen LogP contribution >= 0.6 is 11.8 Å². The Labute approximate surface area is 215 Å². The van der Waals surface area contributed by atoms with Gasteiger partial charge in [-0.25, -0.2) is 4.98 Å². The molecule has 0 radical (unpaired) electrons. The molecule has 7 heteroatoms. The van der Waals surface area contributed by atoms with Crippen LogP contribution in [0.3, 0.4) is 0 Å². The number of fused-ring (bicyclic) bond motifs is 1. The van der Waals surface area contributed by atoms with Crippen molar-refractivity contribution in [3.05, 3.63) is 84.7 Å². The number of rotatable bonds is 7. The van der Waals surface area contributed by atoms with Gasteiger partial charge in [-0.1, -0.05) is 36.4 Å². The maximum Gasteiger partial charge on any atom is 0.247 e. The summed E-state index contributed by atoms with van der Waals surface area (Å²) in [5.74, 6) is 0.767. The molecule has 2 amide bonds. The summed E-state index contributed by atoms with van der Waals surface area (Å²) in [4.78, 5) is 36.5. The fourth-order valence-corrected chi connectivity index (χ4v) is 5.46. The lowest BCUT2D eigenvalue weighted by Crippen LogP contribution is -2.39. The Morgan fingerprint density at radius 2 is 1.81 bits per heavy atom. The molecule has 2 heterocycles. The second-order valence-electron chi connectivity index (χ2n) is 9.34. The van der Waals surface area contributed by atoms with Crippen LogP contribution in [0.4, 0.5) is 11.4 Å². The van der Waals surface area contributed by atoms with Crippen molar-refractivity contribution in [1.29, 1.82) is 0 Å². The number of nitrogens with zero attached hydrogens (tertiary/aromatic N) is 4. The summed E-state index contributed by atoms with van der Waals surface area (Å²) in [7, 11) is 0. The van der Waals surface area contributed by atoms with E-state index >= 15 is 0 Å². The van der Waals surface area contributed by atoms with Gasteiger partial charge in [-0.15, -0.1) is 11.8 Å². The van der Waals surface area contributed by atoms with Crippen molar-refractivity contribution in [2.45, 2.75) is 43.7 Å². The van der Waals surface area contributed by atoms with Crippen molar-refractivity contribution in [2.24, 2.45) is 0 Å². The monoisotopic (exact) mass is 498 g/mol. The highest BCUT2D eigenvalue weighted by Crippen LogP contribution is 2.34. The first kappa shape index (κ1) is 24.1. The normalized spacial score (nSPS) is 15.7. The first-order valence-electron chi connectivity index (χ1n) is 12.2. The maximum absolute atomic E-state index is 13.7. The molecule has 1 aromatic heterocycles. The molecule has 3 aromatic carbocycles. The molecule has 5 rings (SSSR count). The molecular formula is C29H30N4O2S. The summed E-state index contributed by atoms with van der Waals surface area (Å²) >= 11 is 1.66. The van der Waals surface area contributed by atoms with Gasteiger partial charge in [0.2, 0.25) is 11.8 Å².